The molecule has 0 saturated carbocycles. The summed E-state index contributed by atoms with van der Waals surface area (Å²) in [5.74, 6) is -0.345. The molecule has 0 heterocycles. The SMILES string of the molecule is COC(=O)c1cccc(SCl)c1. The van der Waals surface area contributed by atoms with E-state index in [1.165, 1.54) is 7.11 Å². The molecule has 0 aromatic heterocycles. The predicted molar refractivity (Wildman–Crippen MR) is 49.5 cm³/mol. The van der Waals surface area contributed by atoms with E-state index >= 15 is 0 Å². The van der Waals surface area contributed by atoms with Crippen LogP contribution in [-0.4, -0.2) is 13.1 Å². The fourth-order valence-corrected chi connectivity index (χ4v) is 1.38. The van der Waals surface area contributed by atoms with Gasteiger partial charge < -0.3 is 4.74 Å². The van der Waals surface area contributed by atoms with Gasteiger partial charge in [0.05, 0.1) is 12.7 Å². The van der Waals surface area contributed by atoms with Gasteiger partial charge >= 0.3 is 5.97 Å². The van der Waals surface area contributed by atoms with Gasteiger partial charge in [-0.05, 0) is 39.9 Å². The van der Waals surface area contributed by atoms with Crippen molar-refractivity contribution >= 4 is 27.6 Å². The maximum atomic E-state index is 11.0. The molecule has 1 aromatic rings. The summed E-state index contributed by atoms with van der Waals surface area (Å²) in [4.78, 5) is 11.8. The summed E-state index contributed by atoms with van der Waals surface area (Å²) in [5, 5.41) is 0. The summed E-state index contributed by atoms with van der Waals surface area (Å²) < 4.78 is 4.54. The largest absolute Gasteiger partial charge is 0.465 e. The van der Waals surface area contributed by atoms with Crippen LogP contribution in [0.5, 0.6) is 0 Å². The summed E-state index contributed by atoms with van der Waals surface area (Å²) >= 11 is 0. The monoisotopic (exact) mass is 202 g/mol. The Labute approximate surface area is 79.4 Å². The van der Waals surface area contributed by atoms with Crippen LogP contribution in [0.2, 0.25) is 0 Å². The number of esters is 1. The lowest BCUT2D eigenvalue weighted by molar-refractivity contribution is 0.0600. The number of methoxy groups -OCH3 is 1. The molecule has 1 aromatic carbocycles. The van der Waals surface area contributed by atoms with Crippen molar-refractivity contribution in [1.29, 1.82) is 0 Å². The van der Waals surface area contributed by atoms with Crippen LogP contribution in [-0.2, 0) is 4.74 Å². The van der Waals surface area contributed by atoms with Gasteiger partial charge in [-0.2, -0.15) is 0 Å². The standard InChI is InChI=1S/C8H7ClO2S/c1-11-8(10)6-3-2-4-7(5-6)12-9/h2-5H,1H3. The zero-order valence-corrected chi connectivity index (χ0v) is 7.98. The quantitative estimate of drug-likeness (QED) is 0.690. The average molecular weight is 203 g/mol. The van der Waals surface area contributed by atoms with Gasteiger partial charge in [0.1, 0.15) is 0 Å². The van der Waals surface area contributed by atoms with Crippen molar-refractivity contribution in [1.82, 2.24) is 0 Å². The van der Waals surface area contributed by atoms with E-state index in [1.807, 2.05) is 6.07 Å². The highest BCUT2D eigenvalue weighted by atomic mass is 35.7. The minimum atomic E-state index is -0.345. The molecule has 0 saturated heterocycles. The molecule has 0 bridgehead atoms. The van der Waals surface area contributed by atoms with Crippen molar-refractivity contribution in [3.63, 3.8) is 0 Å². The fourth-order valence-electron chi connectivity index (χ4n) is 0.789. The average Bonchev–Trinajstić information content (AvgIpc) is 2.17. The molecule has 12 heavy (non-hydrogen) atoms. The van der Waals surface area contributed by atoms with E-state index in [2.05, 4.69) is 4.74 Å². The Morgan fingerprint density at radius 1 is 1.58 bits per heavy atom. The molecule has 0 aliphatic rings. The van der Waals surface area contributed by atoms with Crippen LogP contribution in [0.4, 0.5) is 0 Å². The number of carbonyl (C=O) groups excluding carboxylic acids is 1. The molecule has 4 heteroatoms. The first-order valence-corrected chi connectivity index (χ1v) is 4.89. The second-order valence-electron chi connectivity index (χ2n) is 2.10. The number of hydrogen-bond acceptors (Lipinski definition) is 3. The maximum Gasteiger partial charge on any atom is 0.337 e. The highest BCUT2D eigenvalue weighted by Gasteiger charge is 2.04. The Morgan fingerprint density at radius 3 is 2.92 bits per heavy atom. The van der Waals surface area contributed by atoms with Crippen molar-refractivity contribution in [2.45, 2.75) is 4.90 Å². The van der Waals surface area contributed by atoms with Crippen LogP contribution >= 0.6 is 21.7 Å². The smallest absolute Gasteiger partial charge is 0.337 e. The van der Waals surface area contributed by atoms with Gasteiger partial charge in [0.2, 0.25) is 0 Å². The first-order chi connectivity index (χ1) is 5.77. The van der Waals surface area contributed by atoms with Crippen LogP contribution in [0.3, 0.4) is 0 Å². The first kappa shape index (κ1) is 9.42. The predicted octanol–water partition coefficient (Wildman–Crippen LogP) is 2.72. The first-order valence-electron chi connectivity index (χ1n) is 3.25. The summed E-state index contributed by atoms with van der Waals surface area (Å²) in [7, 11) is 7.94. The third-order valence-electron chi connectivity index (χ3n) is 1.34. The maximum absolute atomic E-state index is 11.0. The summed E-state index contributed by atoms with van der Waals surface area (Å²) in [5.41, 5.74) is 0.517. The number of benzene rings is 1. The lowest BCUT2D eigenvalue weighted by Crippen LogP contribution is -2.00. The van der Waals surface area contributed by atoms with Crippen molar-refractivity contribution in [3.05, 3.63) is 29.8 Å². The van der Waals surface area contributed by atoms with Gasteiger partial charge in [-0.1, -0.05) is 6.07 Å². The van der Waals surface area contributed by atoms with Crippen molar-refractivity contribution in [2.75, 3.05) is 7.11 Å². The second kappa shape index (κ2) is 4.38. The lowest BCUT2D eigenvalue weighted by atomic mass is 10.2. The molecule has 0 N–H and O–H groups in total. The molecule has 0 radical (unpaired) electrons. The number of ether oxygens (including phenoxy) is 1. The van der Waals surface area contributed by atoms with Gasteiger partial charge in [-0.15, -0.1) is 0 Å². The molecule has 0 aliphatic carbocycles. The van der Waals surface area contributed by atoms with Crippen LogP contribution < -0.4 is 0 Å². The normalized spacial score (nSPS) is 9.50. The molecule has 0 aliphatic heterocycles. The Bertz CT molecular complexity index is 288. The summed E-state index contributed by atoms with van der Waals surface area (Å²) in [6, 6.07) is 6.95. The van der Waals surface area contributed by atoms with Crippen LogP contribution in [0.25, 0.3) is 0 Å². The van der Waals surface area contributed by atoms with E-state index in [0.717, 1.165) is 15.9 Å². The Morgan fingerprint density at radius 2 is 2.33 bits per heavy atom. The third kappa shape index (κ3) is 2.16. The zero-order chi connectivity index (χ0) is 8.97. The van der Waals surface area contributed by atoms with Gasteiger partial charge in [-0.25, -0.2) is 4.79 Å². The van der Waals surface area contributed by atoms with Crippen molar-refractivity contribution < 1.29 is 9.53 Å². The highest BCUT2D eigenvalue weighted by Crippen LogP contribution is 2.22. The van der Waals surface area contributed by atoms with Gasteiger partial charge in [0.25, 0.3) is 0 Å². The van der Waals surface area contributed by atoms with E-state index in [4.69, 9.17) is 10.7 Å². The Balaban J connectivity index is 2.93. The summed E-state index contributed by atoms with van der Waals surface area (Å²) in [6.07, 6.45) is 0. The van der Waals surface area contributed by atoms with E-state index in [0.29, 0.717) is 5.56 Å². The number of halogens is 1. The van der Waals surface area contributed by atoms with Crippen LogP contribution in [0.1, 0.15) is 10.4 Å². The highest BCUT2D eigenvalue weighted by molar-refractivity contribution is 8.21. The topological polar surface area (TPSA) is 26.3 Å². The van der Waals surface area contributed by atoms with Crippen LogP contribution in [0, 0.1) is 0 Å². The van der Waals surface area contributed by atoms with E-state index in [1.54, 1.807) is 18.2 Å². The Kier molecular flexibility index (Phi) is 3.44. The zero-order valence-electron chi connectivity index (χ0n) is 6.41. The number of rotatable bonds is 2. The van der Waals surface area contributed by atoms with Gasteiger partial charge in [0.15, 0.2) is 0 Å². The van der Waals surface area contributed by atoms with E-state index in [-0.39, 0.29) is 5.97 Å². The number of carbonyl (C=O) groups is 1. The van der Waals surface area contributed by atoms with E-state index in [9.17, 15) is 4.79 Å². The van der Waals surface area contributed by atoms with Crippen molar-refractivity contribution in [3.8, 4) is 0 Å². The molecule has 0 spiro atoms. The number of hydrogen-bond donors (Lipinski definition) is 0. The minimum Gasteiger partial charge on any atom is -0.465 e. The Hall–Kier alpha value is -0.670. The molecule has 64 valence electrons. The molecule has 2 nitrogen and oxygen atoms in total. The van der Waals surface area contributed by atoms with Gasteiger partial charge in [-0.3, -0.25) is 0 Å². The van der Waals surface area contributed by atoms with Crippen LogP contribution in [0.15, 0.2) is 29.2 Å². The molecular weight excluding hydrogens is 196 g/mol. The molecule has 0 unspecified atom stereocenters. The molecule has 1 rings (SSSR count). The second-order valence-corrected chi connectivity index (χ2v) is 3.19. The molecule has 0 fully saturated rings. The minimum absolute atomic E-state index is 0.345. The van der Waals surface area contributed by atoms with E-state index < -0.39 is 0 Å². The molecular formula is C8H7ClO2S. The van der Waals surface area contributed by atoms with Gasteiger partial charge in [0, 0.05) is 4.90 Å². The third-order valence-corrected chi connectivity index (χ3v) is 2.31. The molecule has 0 atom stereocenters. The fraction of sp³-hybridized carbons (Fsp3) is 0.125. The molecule has 0 amide bonds. The summed E-state index contributed by atoms with van der Waals surface area (Å²) in [6.45, 7) is 0. The van der Waals surface area contributed by atoms with Crippen molar-refractivity contribution in [2.24, 2.45) is 0 Å². The lowest BCUT2D eigenvalue weighted by Gasteiger charge is -1.99.